The molecule has 3 aromatic rings. The van der Waals surface area contributed by atoms with Gasteiger partial charge in [-0.1, -0.05) is 36.4 Å². The minimum atomic E-state index is -0.188. The first-order valence-electron chi connectivity index (χ1n) is 6.72. The van der Waals surface area contributed by atoms with E-state index in [1.165, 1.54) is 5.39 Å². The van der Waals surface area contributed by atoms with E-state index in [0.717, 1.165) is 11.2 Å². The monoisotopic (exact) mass is 268 g/mol. The number of fused-ring (bicyclic) bond motifs is 1. The Labute approximate surface area is 117 Å². The maximum atomic E-state index is 14.3. The van der Waals surface area contributed by atoms with Crippen molar-refractivity contribution < 1.29 is 4.39 Å². The lowest BCUT2D eigenvalue weighted by atomic mass is 10.1. The van der Waals surface area contributed by atoms with Gasteiger partial charge in [-0.2, -0.15) is 0 Å². The summed E-state index contributed by atoms with van der Waals surface area (Å²) in [6.07, 6.45) is 0. The Morgan fingerprint density at radius 2 is 1.80 bits per heavy atom. The average Bonchev–Trinajstić information content (AvgIpc) is 2.77. The van der Waals surface area contributed by atoms with Gasteiger partial charge in [-0.3, -0.25) is 0 Å². The molecule has 2 aromatic carbocycles. The molecule has 1 heterocycles. The predicted molar refractivity (Wildman–Crippen MR) is 80.1 cm³/mol. The molecule has 0 fully saturated rings. The fourth-order valence-corrected chi connectivity index (χ4v) is 2.64. The lowest BCUT2D eigenvalue weighted by Crippen LogP contribution is -2.07. The van der Waals surface area contributed by atoms with Crippen LogP contribution < -0.4 is 5.73 Å². The first-order valence-corrected chi connectivity index (χ1v) is 6.72. The van der Waals surface area contributed by atoms with Crippen molar-refractivity contribution in [3.63, 3.8) is 0 Å². The number of hydrogen-bond donors (Lipinski definition) is 1. The normalized spacial score (nSPS) is 11.2. The van der Waals surface area contributed by atoms with Crippen molar-refractivity contribution in [3.8, 4) is 0 Å². The van der Waals surface area contributed by atoms with Gasteiger partial charge < -0.3 is 10.3 Å². The molecule has 3 heteroatoms. The Morgan fingerprint density at radius 1 is 1.05 bits per heavy atom. The van der Waals surface area contributed by atoms with Crippen LogP contribution in [0.3, 0.4) is 0 Å². The third-order valence-corrected chi connectivity index (χ3v) is 3.72. The Hall–Kier alpha value is -2.13. The van der Waals surface area contributed by atoms with Gasteiger partial charge in [0.1, 0.15) is 5.82 Å². The van der Waals surface area contributed by atoms with Crippen LogP contribution >= 0.6 is 0 Å². The van der Waals surface area contributed by atoms with Gasteiger partial charge in [0.2, 0.25) is 0 Å². The van der Waals surface area contributed by atoms with Crippen LogP contribution in [0.25, 0.3) is 10.9 Å². The second-order valence-electron chi connectivity index (χ2n) is 5.03. The summed E-state index contributed by atoms with van der Waals surface area (Å²) in [5.41, 5.74) is 9.07. The number of nitrogens with two attached hydrogens (primary N) is 1. The molecule has 0 spiro atoms. The van der Waals surface area contributed by atoms with E-state index in [9.17, 15) is 4.39 Å². The van der Waals surface area contributed by atoms with E-state index in [2.05, 4.69) is 22.8 Å². The second kappa shape index (κ2) is 5.10. The molecule has 0 radical (unpaired) electrons. The van der Waals surface area contributed by atoms with Crippen LogP contribution in [-0.2, 0) is 13.1 Å². The highest BCUT2D eigenvalue weighted by molar-refractivity contribution is 5.81. The summed E-state index contributed by atoms with van der Waals surface area (Å²) in [4.78, 5) is 0. The smallest absolute Gasteiger partial charge is 0.132 e. The first-order chi connectivity index (χ1) is 9.70. The van der Waals surface area contributed by atoms with Crippen molar-refractivity contribution in [2.24, 2.45) is 5.73 Å². The van der Waals surface area contributed by atoms with Crippen LogP contribution in [-0.4, -0.2) is 4.57 Å². The number of rotatable bonds is 3. The molecule has 20 heavy (non-hydrogen) atoms. The topological polar surface area (TPSA) is 30.9 Å². The maximum Gasteiger partial charge on any atom is 0.132 e. The van der Waals surface area contributed by atoms with Gasteiger partial charge in [-0.05, 0) is 24.4 Å². The summed E-state index contributed by atoms with van der Waals surface area (Å²) >= 11 is 0. The van der Waals surface area contributed by atoms with Crippen LogP contribution in [0.4, 0.5) is 4.39 Å². The fraction of sp³-hybridized carbons (Fsp3) is 0.176. The highest BCUT2D eigenvalue weighted by Crippen LogP contribution is 2.22. The molecule has 102 valence electrons. The zero-order valence-corrected chi connectivity index (χ0v) is 11.4. The van der Waals surface area contributed by atoms with Crippen molar-refractivity contribution in [3.05, 3.63) is 71.2 Å². The zero-order chi connectivity index (χ0) is 14.1. The number of benzene rings is 2. The molecule has 1 aromatic heterocycles. The molecular formula is C17H17FN2. The van der Waals surface area contributed by atoms with Gasteiger partial charge in [-0.25, -0.2) is 4.39 Å². The third kappa shape index (κ3) is 2.10. The van der Waals surface area contributed by atoms with E-state index in [1.807, 2.05) is 31.2 Å². The number of hydrogen-bond acceptors (Lipinski definition) is 1. The summed E-state index contributed by atoms with van der Waals surface area (Å²) < 4.78 is 16.4. The molecule has 2 N–H and O–H groups in total. The Balaban J connectivity index is 2.08. The van der Waals surface area contributed by atoms with E-state index in [0.29, 0.717) is 17.7 Å². The van der Waals surface area contributed by atoms with Gasteiger partial charge in [0, 0.05) is 28.9 Å². The number of aryl methyl sites for hydroxylation is 1. The van der Waals surface area contributed by atoms with Crippen LogP contribution in [0.5, 0.6) is 0 Å². The molecule has 2 nitrogen and oxygen atoms in total. The highest BCUT2D eigenvalue weighted by atomic mass is 19.1. The van der Waals surface area contributed by atoms with Crippen LogP contribution in [0.2, 0.25) is 0 Å². The van der Waals surface area contributed by atoms with E-state index in [1.54, 1.807) is 6.07 Å². The van der Waals surface area contributed by atoms with Gasteiger partial charge >= 0.3 is 0 Å². The van der Waals surface area contributed by atoms with Crippen molar-refractivity contribution in [2.45, 2.75) is 20.0 Å². The SMILES string of the molecule is Cc1cc2ccccc2n1Cc1cccc(CN)c1F. The zero-order valence-electron chi connectivity index (χ0n) is 11.4. The summed E-state index contributed by atoms with van der Waals surface area (Å²) in [5.74, 6) is -0.188. The number of para-hydroxylation sites is 1. The molecule has 0 amide bonds. The van der Waals surface area contributed by atoms with Crippen LogP contribution in [0, 0.1) is 12.7 Å². The minimum absolute atomic E-state index is 0.188. The van der Waals surface area contributed by atoms with E-state index in [-0.39, 0.29) is 12.4 Å². The molecule has 0 saturated heterocycles. The molecular weight excluding hydrogens is 251 g/mol. The largest absolute Gasteiger partial charge is 0.340 e. The Morgan fingerprint density at radius 3 is 2.60 bits per heavy atom. The Bertz CT molecular complexity index is 759. The standard InChI is InChI=1S/C17H17FN2/c1-12-9-13-5-2-3-8-16(13)20(12)11-15-7-4-6-14(10-19)17(15)18/h2-9H,10-11,19H2,1H3. The van der Waals surface area contributed by atoms with Crippen LogP contribution in [0.1, 0.15) is 16.8 Å². The van der Waals surface area contributed by atoms with Crippen molar-refractivity contribution in [1.82, 2.24) is 4.57 Å². The highest BCUT2D eigenvalue weighted by Gasteiger charge is 2.10. The lowest BCUT2D eigenvalue weighted by Gasteiger charge is -2.11. The minimum Gasteiger partial charge on any atom is -0.340 e. The maximum absolute atomic E-state index is 14.3. The van der Waals surface area contributed by atoms with Crippen LogP contribution in [0.15, 0.2) is 48.5 Å². The summed E-state index contributed by atoms with van der Waals surface area (Å²) in [5, 5.41) is 1.18. The molecule has 0 atom stereocenters. The molecule has 0 saturated carbocycles. The van der Waals surface area contributed by atoms with E-state index in [4.69, 9.17) is 5.73 Å². The van der Waals surface area contributed by atoms with Gasteiger partial charge in [0.25, 0.3) is 0 Å². The summed E-state index contributed by atoms with van der Waals surface area (Å²) in [6, 6.07) is 15.7. The summed E-state index contributed by atoms with van der Waals surface area (Å²) in [7, 11) is 0. The number of halogens is 1. The average molecular weight is 268 g/mol. The van der Waals surface area contributed by atoms with Crippen molar-refractivity contribution in [1.29, 1.82) is 0 Å². The molecule has 0 bridgehead atoms. The van der Waals surface area contributed by atoms with E-state index < -0.39 is 0 Å². The lowest BCUT2D eigenvalue weighted by molar-refractivity contribution is 0.585. The number of aromatic nitrogens is 1. The molecule has 0 aliphatic heterocycles. The van der Waals surface area contributed by atoms with Gasteiger partial charge in [0.05, 0.1) is 6.54 Å². The number of nitrogens with zero attached hydrogens (tertiary/aromatic N) is 1. The molecule has 0 unspecified atom stereocenters. The molecule has 0 aliphatic carbocycles. The van der Waals surface area contributed by atoms with E-state index >= 15 is 0 Å². The van der Waals surface area contributed by atoms with Crippen molar-refractivity contribution >= 4 is 10.9 Å². The Kier molecular flexibility index (Phi) is 3.28. The van der Waals surface area contributed by atoms with Gasteiger partial charge in [-0.15, -0.1) is 0 Å². The second-order valence-corrected chi connectivity index (χ2v) is 5.03. The molecule has 0 aliphatic rings. The predicted octanol–water partition coefficient (Wildman–Crippen LogP) is 3.60. The van der Waals surface area contributed by atoms with Crippen molar-refractivity contribution in [2.75, 3.05) is 0 Å². The molecule has 3 rings (SSSR count). The first kappa shape index (κ1) is 12.9. The summed E-state index contributed by atoms with van der Waals surface area (Å²) in [6.45, 7) is 2.80. The quantitative estimate of drug-likeness (QED) is 0.773. The third-order valence-electron chi connectivity index (χ3n) is 3.72. The fourth-order valence-electron chi connectivity index (χ4n) is 2.64. The van der Waals surface area contributed by atoms with Gasteiger partial charge in [0.15, 0.2) is 0 Å².